The molecule has 2 heterocycles. The Bertz CT molecular complexity index is 733. The number of ether oxygens (including phenoxy) is 1. The number of amides is 1. The van der Waals surface area contributed by atoms with Gasteiger partial charge in [-0.3, -0.25) is 10.1 Å². The van der Waals surface area contributed by atoms with Gasteiger partial charge in [-0.05, 0) is 30.5 Å². The zero-order valence-electron chi connectivity index (χ0n) is 12.9. The number of rotatable bonds is 6. The number of carbonyl (C=O) groups excluding carboxylic acids is 1. The molecule has 3 rings (SSSR count). The molecule has 1 fully saturated rings. The predicted molar refractivity (Wildman–Crippen MR) is 93.8 cm³/mol. The molecule has 1 aliphatic heterocycles. The minimum Gasteiger partial charge on any atom is -0.371 e. The Labute approximate surface area is 148 Å². The van der Waals surface area contributed by atoms with Crippen molar-refractivity contribution in [2.75, 3.05) is 17.7 Å². The van der Waals surface area contributed by atoms with Gasteiger partial charge in [-0.2, -0.15) is 5.26 Å². The number of benzene rings is 1. The first-order valence-electron chi connectivity index (χ1n) is 7.56. The van der Waals surface area contributed by atoms with Crippen LogP contribution in [0, 0.1) is 11.3 Å². The molecule has 0 saturated carbocycles. The van der Waals surface area contributed by atoms with E-state index in [-0.39, 0.29) is 12.0 Å². The van der Waals surface area contributed by atoms with Crippen molar-refractivity contribution < 1.29 is 9.53 Å². The van der Waals surface area contributed by atoms with Crippen molar-refractivity contribution in [1.29, 1.82) is 5.26 Å². The number of hydrogen-bond acceptors (Lipinski definition) is 7. The third-order valence-corrected chi connectivity index (χ3v) is 5.41. The van der Waals surface area contributed by atoms with Crippen LogP contribution in [-0.2, 0) is 15.3 Å². The van der Waals surface area contributed by atoms with E-state index in [1.165, 1.54) is 23.1 Å². The summed E-state index contributed by atoms with van der Waals surface area (Å²) in [5.74, 6) is 0.967. The van der Waals surface area contributed by atoms with Gasteiger partial charge < -0.3 is 4.74 Å². The first-order valence-corrected chi connectivity index (χ1v) is 9.53. The fourth-order valence-electron chi connectivity index (χ4n) is 2.28. The van der Waals surface area contributed by atoms with Crippen LogP contribution in [-0.4, -0.2) is 28.5 Å². The van der Waals surface area contributed by atoms with Crippen LogP contribution in [0.5, 0.6) is 0 Å². The summed E-state index contributed by atoms with van der Waals surface area (Å²) in [6.07, 6.45) is 2.03. The average Bonchev–Trinajstić information content (AvgIpc) is 3.27. The lowest BCUT2D eigenvalue weighted by molar-refractivity contribution is -0.113. The fourth-order valence-corrected chi connectivity index (χ4v) is 3.91. The molecule has 1 N–H and O–H groups in total. The lowest BCUT2D eigenvalue weighted by Gasteiger charge is -2.03. The maximum atomic E-state index is 12.0. The molecule has 0 bridgehead atoms. The lowest BCUT2D eigenvalue weighted by Crippen LogP contribution is -2.13. The molecule has 24 heavy (non-hydrogen) atoms. The highest BCUT2D eigenvalue weighted by Gasteiger charge is 2.22. The average molecular weight is 360 g/mol. The van der Waals surface area contributed by atoms with Crippen molar-refractivity contribution in [3.05, 3.63) is 40.4 Å². The van der Waals surface area contributed by atoms with Crippen LogP contribution < -0.4 is 5.32 Å². The highest BCUT2D eigenvalue weighted by molar-refractivity contribution is 7.99. The minimum absolute atomic E-state index is 0.0268. The van der Waals surface area contributed by atoms with E-state index in [0.29, 0.717) is 16.4 Å². The largest absolute Gasteiger partial charge is 0.371 e. The van der Waals surface area contributed by atoms with E-state index in [9.17, 15) is 4.79 Å². The first-order chi connectivity index (χ1) is 11.7. The summed E-state index contributed by atoms with van der Waals surface area (Å²) in [6.45, 7) is 0.762. The van der Waals surface area contributed by atoms with Gasteiger partial charge in [0.15, 0.2) is 0 Å². The standard InChI is InChI=1S/C16H16N4O2S2/c17-8-11-3-5-12(6-4-11)9-23-10-14(21)18-16-20-19-15(24-16)13-2-1-7-22-13/h3-6,13H,1-2,7,9-10H2,(H,18,20,21). The van der Waals surface area contributed by atoms with E-state index in [4.69, 9.17) is 10.00 Å². The summed E-state index contributed by atoms with van der Waals surface area (Å²) in [5, 5.41) is 21.0. The number of thioether (sulfide) groups is 1. The highest BCUT2D eigenvalue weighted by atomic mass is 32.2. The molecule has 124 valence electrons. The van der Waals surface area contributed by atoms with Gasteiger partial charge in [-0.25, -0.2) is 0 Å². The number of anilines is 1. The zero-order chi connectivity index (χ0) is 16.8. The second kappa shape index (κ2) is 8.24. The molecule has 1 amide bonds. The second-order valence-corrected chi connectivity index (χ2v) is 7.29. The van der Waals surface area contributed by atoms with Gasteiger partial charge in [0.25, 0.3) is 0 Å². The molecule has 0 radical (unpaired) electrons. The maximum Gasteiger partial charge on any atom is 0.236 e. The molecule has 1 aromatic carbocycles. The molecule has 0 aliphatic carbocycles. The number of aromatic nitrogens is 2. The number of hydrogen-bond donors (Lipinski definition) is 1. The fraction of sp³-hybridized carbons (Fsp3) is 0.375. The van der Waals surface area contributed by atoms with E-state index >= 15 is 0 Å². The molecule has 6 nitrogen and oxygen atoms in total. The Balaban J connectivity index is 1.43. The van der Waals surface area contributed by atoms with Crippen LogP contribution >= 0.6 is 23.1 Å². The Morgan fingerprint density at radius 3 is 2.96 bits per heavy atom. The molecule has 1 saturated heterocycles. The number of nitriles is 1. The third kappa shape index (κ3) is 4.54. The highest BCUT2D eigenvalue weighted by Crippen LogP contribution is 2.31. The van der Waals surface area contributed by atoms with Crippen molar-refractivity contribution in [2.45, 2.75) is 24.7 Å². The third-order valence-electron chi connectivity index (χ3n) is 3.48. The molecular formula is C16H16N4O2S2. The molecule has 2 aromatic rings. The van der Waals surface area contributed by atoms with Crippen molar-refractivity contribution in [1.82, 2.24) is 10.2 Å². The summed E-state index contributed by atoms with van der Waals surface area (Å²) < 4.78 is 5.56. The quantitative estimate of drug-likeness (QED) is 0.851. The molecule has 1 unspecified atom stereocenters. The minimum atomic E-state index is -0.0938. The monoisotopic (exact) mass is 360 g/mol. The van der Waals surface area contributed by atoms with Crippen LogP contribution in [0.15, 0.2) is 24.3 Å². The molecule has 1 aliphatic rings. The number of nitrogens with one attached hydrogen (secondary N) is 1. The Hall–Kier alpha value is -1.95. The Morgan fingerprint density at radius 1 is 1.42 bits per heavy atom. The van der Waals surface area contributed by atoms with E-state index < -0.39 is 0 Å². The Morgan fingerprint density at radius 2 is 2.25 bits per heavy atom. The van der Waals surface area contributed by atoms with Gasteiger partial charge in [0.2, 0.25) is 11.0 Å². The summed E-state index contributed by atoms with van der Waals surface area (Å²) >= 11 is 2.89. The smallest absolute Gasteiger partial charge is 0.236 e. The van der Waals surface area contributed by atoms with E-state index in [1.54, 1.807) is 12.1 Å². The first kappa shape index (κ1) is 16.9. The van der Waals surface area contributed by atoms with Crippen molar-refractivity contribution >= 4 is 34.1 Å². The number of carbonyl (C=O) groups is 1. The SMILES string of the molecule is N#Cc1ccc(CSCC(=O)Nc2nnc(C3CCCO3)s2)cc1. The summed E-state index contributed by atoms with van der Waals surface area (Å²) in [6, 6.07) is 9.46. The van der Waals surface area contributed by atoms with Gasteiger partial charge in [-0.15, -0.1) is 22.0 Å². The Kier molecular flexibility index (Phi) is 5.80. The number of nitrogens with zero attached hydrogens (tertiary/aromatic N) is 3. The van der Waals surface area contributed by atoms with Gasteiger partial charge in [0, 0.05) is 12.4 Å². The van der Waals surface area contributed by atoms with Crippen molar-refractivity contribution in [2.24, 2.45) is 0 Å². The van der Waals surface area contributed by atoms with Gasteiger partial charge in [0.1, 0.15) is 11.1 Å². The molecule has 1 atom stereocenters. The van der Waals surface area contributed by atoms with Crippen LogP contribution in [0.4, 0.5) is 5.13 Å². The van der Waals surface area contributed by atoms with Crippen LogP contribution in [0.2, 0.25) is 0 Å². The predicted octanol–water partition coefficient (Wildman–Crippen LogP) is 3.13. The van der Waals surface area contributed by atoms with E-state index in [1.807, 2.05) is 12.1 Å². The van der Waals surface area contributed by atoms with Gasteiger partial charge in [0.05, 0.1) is 17.4 Å². The summed E-state index contributed by atoms with van der Waals surface area (Å²) in [4.78, 5) is 12.0. The lowest BCUT2D eigenvalue weighted by atomic mass is 10.2. The topological polar surface area (TPSA) is 87.9 Å². The van der Waals surface area contributed by atoms with Crippen LogP contribution in [0.1, 0.15) is 35.1 Å². The summed E-state index contributed by atoms with van der Waals surface area (Å²) in [5.41, 5.74) is 1.73. The second-order valence-electron chi connectivity index (χ2n) is 5.30. The van der Waals surface area contributed by atoms with Crippen molar-refractivity contribution in [3.63, 3.8) is 0 Å². The molecule has 0 spiro atoms. The molecule has 8 heteroatoms. The van der Waals surface area contributed by atoms with Crippen LogP contribution in [0.3, 0.4) is 0 Å². The molecular weight excluding hydrogens is 344 g/mol. The summed E-state index contributed by atoms with van der Waals surface area (Å²) in [7, 11) is 0. The van der Waals surface area contributed by atoms with Gasteiger partial charge in [-0.1, -0.05) is 23.5 Å². The normalized spacial score (nSPS) is 16.7. The van der Waals surface area contributed by atoms with Gasteiger partial charge >= 0.3 is 0 Å². The van der Waals surface area contributed by atoms with E-state index in [0.717, 1.165) is 35.8 Å². The maximum absolute atomic E-state index is 12.0. The van der Waals surface area contributed by atoms with Crippen LogP contribution in [0.25, 0.3) is 0 Å². The van der Waals surface area contributed by atoms with Crippen molar-refractivity contribution in [3.8, 4) is 6.07 Å². The van der Waals surface area contributed by atoms with E-state index in [2.05, 4.69) is 21.6 Å². The molecule has 1 aromatic heterocycles. The zero-order valence-corrected chi connectivity index (χ0v) is 14.5.